The number of fused-ring (bicyclic) bond motifs is 1. The first-order chi connectivity index (χ1) is 12.3. The number of amides is 1. The van der Waals surface area contributed by atoms with Gasteiger partial charge >= 0.3 is 0 Å². The van der Waals surface area contributed by atoms with Gasteiger partial charge in [0.05, 0.1) is 16.3 Å². The summed E-state index contributed by atoms with van der Waals surface area (Å²) in [6.45, 7) is 5.85. The molecule has 0 radical (unpaired) electrons. The van der Waals surface area contributed by atoms with E-state index >= 15 is 0 Å². The molecule has 26 heavy (non-hydrogen) atoms. The lowest BCUT2D eigenvalue weighted by molar-refractivity contribution is -0.116. The fourth-order valence-electron chi connectivity index (χ4n) is 2.96. The normalized spacial score (nSPS) is 17.2. The molecule has 0 unspecified atom stereocenters. The van der Waals surface area contributed by atoms with Crippen molar-refractivity contribution in [1.82, 2.24) is 0 Å². The topological polar surface area (TPSA) is 75.3 Å². The third kappa shape index (κ3) is 3.88. The van der Waals surface area contributed by atoms with Crippen molar-refractivity contribution in [2.75, 3.05) is 10.0 Å². The SMILES string of the molecule is CCc1cccc(C)c1NS(=O)(=O)c1ccc2c(c1)NC(=O)C[C@H](C)S2. The van der Waals surface area contributed by atoms with Crippen LogP contribution in [0.4, 0.5) is 11.4 Å². The lowest BCUT2D eigenvalue weighted by atomic mass is 10.1. The molecule has 2 N–H and O–H groups in total. The minimum absolute atomic E-state index is 0.0987. The monoisotopic (exact) mass is 390 g/mol. The molecule has 0 saturated carbocycles. The number of nitrogens with one attached hydrogen (secondary N) is 2. The Hall–Kier alpha value is -1.99. The molecule has 138 valence electrons. The summed E-state index contributed by atoms with van der Waals surface area (Å²) in [6, 6.07) is 10.6. The van der Waals surface area contributed by atoms with Gasteiger partial charge in [-0.15, -0.1) is 11.8 Å². The van der Waals surface area contributed by atoms with Gasteiger partial charge in [-0.3, -0.25) is 9.52 Å². The summed E-state index contributed by atoms with van der Waals surface area (Å²) in [4.78, 5) is 13.0. The quantitative estimate of drug-likeness (QED) is 0.821. The minimum atomic E-state index is -3.76. The van der Waals surface area contributed by atoms with Crippen molar-refractivity contribution in [3.63, 3.8) is 0 Å². The lowest BCUT2D eigenvalue weighted by Crippen LogP contribution is -2.16. The van der Waals surface area contributed by atoms with Gasteiger partial charge in [-0.05, 0) is 42.7 Å². The van der Waals surface area contributed by atoms with E-state index in [0.29, 0.717) is 17.8 Å². The number of aryl methyl sites for hydroxylation is 2. The number of sulfonamides is 1. The maximum atomic E-state index is 12.9. The van der Waals surface area contributed by atoms with E-state index in [1.165, 1.54) is 6.07 Å². The van der Waals surface area contributed by atoms with Crippen LogP contribution in [0.25, 0.3) is 0 Å². The second kappa shape index (κ2) is 7.32. The Balaban J connectivity index is 1.98. The zero-order valence-corrected chi connectivity index (χ0v) is 16.6. The highest BCUT2D eigenvalue weighted by molar-refractivity contribution is 8.00. The Labute approximate surface area is 158 Å². The molecular formula is C19H22N2O3S2. The van der Waals surface area contributed by atoms with Gasteiger partial charge in [-0.2, -0.15) is 0 Å². The van der Waals surface area contributed by atoms with Gasteiger partial charge in [0.15, 0.2) is 0 Å². The van der Waals surface area contributed by atoms with E-state index in [1.807, 2.05) is 39.0 Å². The second-order valence-corrected chi connectivity index (χ2v) is 9.57. The van der Waals surface area contributed by atoms with E-state index in [4.69, 9.17) is 0 Å². The van der Waals surface area contributed by atoms with Crippen molar-refractivity contribution < 1.29 is 13.2 Å². The van der Waals surface area contributed by atoms with Gasteiger partial charge in [0.1, 0.15) is 0 Å². The van der Waals surface area contributed by atoms with E-state index in [-0.39, 0.29) is 16.1 Å². The Morgan fingerprint density at radius 2 is 2.04 bits per heavy atom. The Morgan fingerprint density at radius 1 is 1.27 bits per heavy atom. The molecule has 7 heteroatoms. The van der Waals surface area contributed by atoms with Crippen LogP contribution in [0.1, 0.15) is 31.4 Å². The predicted molar refractivity (Wildman–Crippen MR) is 106 cm³/mol. The van der Waals surface area contributed by atoms with Crippen LogP contribution in [0.2, 0.25) is 0 Å². The molecule has 0 aromatic heterocycles. The predicted octanol–water partition coefficient (Wildman–Crippen LogP) is 4.18. The average molecular weight is 391 g/mol. The van der Waals surface area contributed by atoms with Crippen molar-refractivity contribution in [1.29, 1.82) is 0 Å². The summed E-state index contributed by atoms with van der Waals surface area (Å²) in [7, 11) is -3.76. The Bertz CT molecular complexity index is 955. The first-order valence-electron chi connectivity index (χ1n) is 8.52. The molecule has 1 aliphatic heterocycles. The van der Waals surface area contributed by atoms with Crippen molar-refractivity contribution >= 4 is 39.1 Å². The van der Waals surface area contributed by atoms with Crippen molar-refractivity contribution in [2.45, 2.75) is 48.7 Å². The Kier molecular flexibility index (Phi) is 5.29. The van der Waals surface area contributed by atoms with Crippen LogP contribution in [0, 0.1) is 6.92 Å². The fourth-order valence-corrected chi connectivity index (χ4v) is 5.21. The molecule has 0 bridgehead atoms. The molecule has 0 saturated heterocycles. The van der Waals surface area contributed by atoms with Gasteiger partial charge in [0, 0.05) is 16.6 Å². The summed E-state index contributed by atoms with van der Waals surface area (Å²) in [5, 5.41) is 2.96. The first kappa shape index (κ1) is 18.8. The lowest BCUT2D eigenvalue weighted by Gasteiger charge is -2.15. The molecule has 0 fully saturated rings. The summed E-state index contributed by atoms with van der Waals surface area (Å²) in [5.74, 6) is -0.0987. The summed E-state index contributed by atoms with van der Waals surface area (Å²) in [6.07, 6.45) is 1.14. The summed E-state index contributed by atoms with van der Waals surface area (Å²) >= 11 is 1.57. The van der Waals surface area contributed by atoms with Crippen molar-refractivity contribution in [3.8, 4) is 0 Å². The van der Waals surface area contributed by atoms with Crippen LogP contribution in [0.15, 0.2) is 46.2 Å². The van der Waals surface area contributed by atoms with Crippen LogP contribution in [-0.4, -0.2) is 19.6 Å². The second-order valence-electron chi connectivity index (χ2n) is 6.41. The van der Waals surface area contributed by atoms with Crippen LogP contribution >= 0.6 is 11.8 Å². The standard InChI is InChI=1S/C19H22N2O3S2/c1-4-14-7-5-6-12(2)19(14)21-26(23,24)15-8-9-17-16(11-15)20-18(22)10-13(3)25-17/h5-9,11,13,21H,4,10H2,1-3H3,(H,20,22)/t13-/m0/s1. The fraction of sp³-hybridized carbons (Fsp3) is 0.316. The molecule has 3 rings (SSSR count). The van der Waals surface area contributed by atoms with E-state index < -0.39 is 10.0 Å². The number of carbonyl (C=O) groups is 1. The van der Waals surface area contributed by atoms with Gasteiger partial charge < -0.3 is 5.32 Å². The highest BCUT2D eigenvalue weighted by Crippen LogP contribution is 2.36. The molecular weight excluding hydrogens is 368 g/mol. The number of para-hydroxylation sites is 1. The van der Waals surface area contributed by atoms with E-state index in [9.17, 15) is 13.2 Å². The van der Waals surface area contributed by atoms with E-state index in [1.54, 1.807) is 23.9 Å². The first-order valence-corrected chi connectivity index (χ1v) is 10.9. The maximum absolute atomic E-state index is 12.9. The molecule has 1 atom stereocenters. The third-order valence-electron chi connectivity index (χ3n) is 4.31. The number of benzene rings is 2. The van der Waals surface area contributed by atoms with Gasteiger partial charge in [0.25, 0.3) is 10.0 Å². The highest BCUT2D eigenvalue weighted by Gasteiger charge is 2.23. The third-order valence-corrected chi connectivity index (χ3v) is 6.84. The van der Waals surface area contributed by atoms with Crippen molar-refractivity contribution in [2.24, 2.45) is 0 Å². The molecule has 1 aliphatic rings. The van der Waals surface area contributed by atoms with Gasteiger partial charge in [0.2, 0.25) is 5.91 Å². The smallest absolute Gasteiger partial charge is 0.261 e. The number of hydrogen-bond acceptors (Lipinski definition) is 4. The number of hydrogen-bond donors (Lipinski definition) is 2. The van der Waals surface area contributed by atoms with Crippen LogP contribution in [0.5, 0.6) is 0 Å². The number of anilines is 2. The molecule has 0 spiro atoms. The molecule has 2 aromatic carbocycles. The largest absolute Gasteiger partial charge is 0.325 e. The Morgan fingerprint density at radius 3 is 2.77 bits per heavy atom. The van der Waals surface area contributed by atoms with Crippen molar-refractivity contribution in [3.05, 3.63) is 47.5 Å². The average Bonchev–Trinajstić information content (AvgIpc) is 2.72. The molecule has 1 amide bonds. The van der Waals surface area contributed by atoms with E-state index in [0.717, 1.165) is 22.4 Å². The highest BCUT2D eigenvalue weighted by atomic mass is 32.2. The number of carbonyl (C=O) groups excluding carboxylic acids is 1. The molecule has 1 heterocycles. The minimum Gasteiger partial charge on any atom is -0.325 e. The zero-order chi connectivity index (χ0) is 18.9. The summed E-state index contributed by atoms with van der Waals surface area (Å²) < 4.78 is 28.5. The van der Waals surface area contributed by atoms with Crippen LogP contribution in [-0.2, 0) is 21.2 Å². The zero-order valence-electron chi connectivity index (χ0n) is 15.0. The number of rotatable bonds is 4. The molecule has 5 nitrogen and oxygen atoms in total. The summed E-state index contributed by atoms with van der Waals surface area (Å²) in [5.41, 5.74) is 2.99. The van der Waals surface area contributed by atoms with Crippen LogP contribution in [0.3, 0.4) is 0 Å². The maximum Gasteiger partial charge on any atom is 0.261 e. The van der Waals surface area contributed by atoms with Gasteiger partial charge in [-0.25, -0.2) is 8.42 Å². The molecule has 0 aliphatic carbocycles. The number of thioether (sulfide) groups is 1. The van der Waals surface area contributed by atoms with Crippen LogP contribution < -0.4 is 10.0 Å². The molecule has 2 aromatic rings. The van der Waals surface area contributed by atoms with Gasteiger partial charge in [-0.1, -0.05) is 32.0 Å². The van der Waals surface area contributed by atoms with E-state index in [2.05, 4.69) is 10.0 Å².